The molecule has 0 aliphatic carbocycles. The number of nitrogens with zero attached hydrogens (tertiary/aromatic N) is 5. The summed E-state index contributed by atoms with van der Waals surface area (Å²) in [6.45, 7) is 6.91. The van der Waals surface area contributed by atoms with Crippen molar-refractivity contribution in [1.29, 1.82) is 0 Å². The van der Waals surface area contributed by atoms with Gasteiger partial charge in [0.2, 0.25) is 5.95 Å². The van der Waals surface area contributed by atoms with E-state index in [1.165, 1.54) is 30.2 Å². The van der Waals surface area contributed by atoms with E-state index < -0.39 is 0 Å². The number of aromatic nitrogens is 2. The molecule has 1 aromatic heterocycles. The Morgan fingerprint density at radius 3 is 2.27 bits per heavy atom. The number of halogens is 1. The van der Waals surface area contributed by atoms with Gasteiger partial charge in [0.25, 0.3) is 0 Å². The molecule has 0 radical (unpaired) electrons. The molecule has 3 aromatic rings. The molecule has 0 unspecified atom stereocenters. The molecule has 5 nitrogen and oxygen atoms in total. The van der Waals surface area contributed by atoms with Crippen molar-refractivity contribution in [3.63, 3.8) is 0 Å². The number of rotatable bonds is 4. The van der Waals surface area contributed by atoms with E-state index in [0.29, 0.717) is 0 Å². The second-order valence-corrected chi connectivity index (χ2v) is 8.67. The summed E-state index contributed by atoms with van der Waals surface area (Å²) >= 11 is 6.35. The van der Waals surface area contributed by atoms with Gasteiger partial charge in [-0.2, -0.15) is 4.98 Å². The Hall–Kier alpha value is -2.37. The summed E-state index contributed by atoms with van der Waals surface area (Å²) in [6, 6.07) is 16.6. The summed E-state index contributed by atoms with van der Waals surface area (Å²) in [7, 11) is 0. The number of fused-ring (bicyclic) bond motifs is 1. The highest BCUT2D eigenvalue weighted by Crippen LogP contribution is 2.29. The number of para-hydroxylation sites is 1. The Kier molecular flexibility index (Phi) is 5.73. The van der Waals surface area contributed by atoms with Gasteiger partial charge in [-0.25, -0.2) is 4.98 Å². The van der Waals surface area contributed by atoms with E-state index in [0.717, 1.165) is 68.1 Å². The fourth-order valence-electron chi connectivity index (χ4n) is 4.51. The predicted octanol–water partition coefficient (Wildman–Crippen LogP) is 4.60. The molecule has 5 rings (SSSR count). The maximum Gasteiger partial charge on any atom is 0.227 e. The number of benzene rings is 2. The van der Waals surface area contributed by atoms with Crippen molar-refractivity contribution in [3.8, 4) is 0 Å². The van der Waals surface area contributed by atoms with Crippen molar-refractivity contribution in [2.45, 2.75) is 25.8 Å². The van der Waals surface area contributed by atoms with E-state index in [1.54, 1.807) is 0 Å². The van der Waals surface area contributed by atoms with Crippen molar-refractivity contribution in [1.82, 2.24) is 14.9 Å². The highest BCUT2D eigenvalue weighted by molar-refractivity contribution is 6.31. The topological polar surface area (TPSA) is 35.5 Å². The maximum atomic E-state index is 6.35. The first-order chi connectivity index (χ1) is 14.8. The lowest BCUT2D eigenvalue weighted by Crippen LogP contribution is -2.46. The van der Waals surface area contributed by atoms with Crippen LogP contribution in [0, 0.1) is 0 Å². The molecule has 2 fully saturated rings. The van der Waals surface area contributed by atoms with Gasteiger partial charge in [0, 0.05) is 56.2 Å². The Balaban J connectivity index is 1.35. The van der Waals surface area contributed by atoms with Crippen molar-refractivity contribution >= 4 is 34.3 Å². The lowest BCUT2D eigenvalue weighted by molar-refractivity contribution is 0.249. The van der Waals surface area contributed by atoms with Crippen LogP contribution in [0.5, 0.6) is 0 Å². The van der Waals surface area contributed by atoms with Gasteiger partial charge < -0.3 is 9.80 Å². The molecule has 3 heterocycles. The highest BCUT2D eigenvalue weighted by atomic mass is 35.5. The average Bonchev–Trinajstić information content (AvgIpc) is 2.81. The van der Waals surface area contributed by atoms with E-state index in [4.69, 9.17) is 21.6 Å². The quantitative estimate of drug-likeness (QED) is 0.615. The van der Waals surface area contributed by atoms with Crippen LogP contribution in [0.15, 0.2) is 48.5 Å². The lowest BCUT2D eigenvalue weighted by atomic mass is 10.1. The summed E-state index contributed by atoms with van der Waals surface area (Å²) in [5.41, 5.74) is 2.24. The van der Waals surface area contributed by atoms with Crippen LogP contribution in [-0.2, 0) is 6.54 Å². The minimum Gasteiger partial charge on any atom is -0.356 e. The second kappa shape index (κ2) is 8.78. The van der Waals surface area contributed by atoms with Gasteiger partial charge in [-0.3, -0.25) is 4.90 Å². The van der Waals surface area contributed by atoms with Crippen molar-refractivity contribution in [2.24, 2.45) is 0 Å². The standard InChI is InChI=1S/C24H28ClN5/c25-21-10-4-2-8-19(21)18-28-14-16-30(17-15-28)24-26-22-11-5-3-9-20(22)23(27-24)29-12-6-1-7-13-29/h2-5,8-11H,1,6-7,12-18H2. The molecule has 2 saturated heterocycles. The minimum atomic E-state index is 0.851. The third-order valence-electron chi connectivity index (χ3n) is 6.23. The fraction of sp³-hybridized carbons (Fsp3) is 0.417. The Labute approximate surface area is 183 Å². The predicted molar refractivity (Wildman–Crippen MR) is 125 cm³/mol. The van der Waals surface area contributed by atoms with Crippen LogP contribution < -0.4 is 9.80 Å². The first-order valence-electron chi connectivity index (χ1n) is 11.0. The van der Waals surface area contributed by atoms with Gasteiger partial charge >= 0.3 is 0 Å². The molecule has 2 aliphatic heterocycles. The molecule has 0 amide bonds. The third-order valence-corrected chi connectivity index (χ3v) is 6.60. The zero-order chi connectivity index (χ0) is 20.3. The molecule has 0 N–H and O–H groups in total. The lowest BCUT2D eigenvalue weighted by Gasteiger charge is -2.36. The fourth-order valence-corrected chi connectivity index (χ4v) is 4.71. The van der Waals surface area contributed by atoms with Crippen molar-refractivity contribution in [2.75, 3.05) is 49.1 Å². The first kappa shape index (κ1) is 19.6. The third kappa shape index (κ3) is 4.09. The molecule has 156 valence electrons. The van der Waals surface area contributed by atoms with Gasteiger partial charge in [-0.1, -0.05) is 41.9 Å². The molecule has 0 atom stereocenters. The van der Waals surface area contributed by atoms with Crippen LogP contribution in [0.4, 0.5) is 11.8 Å². The van der Waals surface area contributed by atoms with Gasteiger partial charge in [-0.05, 0) is 43.0 Å². The van der Waals surface area contributed by atoms with Crippen molar-refractivity contribution < 1.29 is 0 Å². The number of hydrogen-bond donors (Lipinski definition) is 0. The average molecular weight is 422 g/mol. The van der Waals surface area contributed by atoms with Gasteiger partial charge in [0.15, 0.2) is 0 Å². The van der Waals surface area contributed by atoms with E-state index in [1.807, 2.05) is 12.1 Å². The van der Waals surface area contributed by atoms with E-state index >= 15 is 0 Å². The molecule has 6 heteroatoms. The molecular weight excluding hydrogens is 394 g/mol. The van der Waals surface area contributed by atoms with Crippen LogP contribution in [-0.4, -0.2) is 54.1 Å². The normalized spacial score (nSPS) is 18.2. The number of hydrogen-bond acceptors (Lipinski definition) is 5. The first-order valence-corrected chi connectivity index (χ1v) is 11.4. The summed E-state index contributed by atoms with van der Waals surface area (Å²) in [5, 5.41) is 2.02. The molecule has 2 aliphatic rings. The zero-order valence-electron chi connectivity index (χ0n) is 17.3. The van der Waals surface area contributed by atoms with Gasteiger partial charge in [0.1, 0.15) is 5.82 Å². The summed E-state index contributed by atoms with van der Waals surface area (Å²) in [4.78, 5) is 17.2. The summed E-state index contributed by atoms with van der Waals surface area (Å²) in [5.74, 6) is 1.97. The van der Waals surface area contributed by atoms with Gasteiger partial charge in [0.05, 0.1) is 5.52 Å². The summed E-state index contributed by atoms with van der Waals surface area (Å²) < 4.78 is 0. The van der Waals surface area contributed by atoms with Crippen molar-refractivity contribution in [3.05, 3.63) is 59.1 Å². The zero-order valence-corrected chi connectivity index (χ0v) is 18.1. The molecule has 2 aromatic carbocycles. The van der Waals surface area contributed by atoms with E-state index in [-0.39, 0.29) is 0 Å². The SMILES string of the molecule is Clc1ccccc1CN1CCN(c2nc(N3CCCCC3)c3ccccc3n2)CC1. The number of piperazine rings is 1. The molecule has 0 bridgehead atoms. The van der Waals surface area contributed by atoms with Gasteiger partial charge in [-0.15, -0.1) is 0 Å². The van der Waals surface area contributed by atoms with E-state index in [9.17, 15) is 0 Å². The smallest absolute Gasteiger partial charge is 0.227 e. The molecule has 0 spiro atoms. The Morgan fingerprint density at radius 1 is 0.733 bits per heavy atom. The Bertz CT molecular complexity index is 1010. The molecular formula is C24H28ClN5. The molecule has 30 heavy (non-hydrogen) atoms. The van der Waals surface area contributed by atoms with Crippen LogP contribution in [0.3, 0.4) is 0 Å². The summed E-state index contributed by atoms with van der Waals surface area (Å²) in [6.07, 6.45) is 3.81. The molecule has 0 saturated carbocycles. The van der Waals surface area contributed by atoms with Crippen LogP contribution >= 0.6 is 11.6 Å². The van der Waals surface area contributed by atoms with Crippen LogP contribution in [0.1, 0.15) is 24.8 Å². The van der Waals surface area contributed by atoms with Crippen LogP contribution in [0.2, 0.25) is 5.02 Å². The largest absolute Gasteiger partial charge is 0.356 e. The van der Waals surface area contributed by atoms with Crippen LogP contribution in [0.25, 0.3) is 10.9 Å². The second-order valence-electron chi connectivity index (χ2n) is 8.27. The monoisotopic (exact) mass is 421 g/mol. The van der Waals surface area contributed by atoms with E-state index in [2.05, 4.69) is 51.1 Å². The number of piperidine rings is 1. The minimum absolute atomic E-state index is 0.851. The maximum absolute atomic E-state index is 6.35. The number of anilines is 2. The highest BCUT2D eigenvalue weighted by Gasteiger charge is 2.23. The Morgan fingerprint density at radius 2 is 1.47 bits per heavy atom.